The number of halogens is 2. The second-order valence-electron chi connectivity index (χ2n) is 4.10. The third-order valence-electron chi connectivity index (χ3n) is 2.76. The van der Waals surface area contributed by atoms with Crippen molar-refractivity contribution in [2.24, 2.45) is 0 Å². The van der Waals surface area contributed by atoms with Crippen molar-refractivity contribution in [2.45, 2.75) is 12.5 Å². The third-order valence-corrected chi connectivity index (χ3v) is 3.48. The van der Waals surface area contributed by atoms with Crippen molar-refractivity contribution in [1.82, 2.24) is 0 Å². The van der Waals surface area contributed by atoms with Crippen LogP contribution in [-0.4, -0.2) is 5.11 Å². The molecule has 0 aliphatic rings. The van der Waals surface area contributed by atoms with Crippen molar-refractivity contribution in [3.05, 3.63) is 63.6 Å². The summed E-state index contributed by atoms with van der Waals surface area (Å²) in [4.78, 5) is 0. The van der Waals surface area contributed by atoms with Crippen molar-refractivity contribution in [3.63, 3.8) is 0 Å². The van der Waals surface area contributed by atoms with Gasteiger partial charge in [0.2, 0.25) is 0 Å². The maximum Gasteiger partial charge on any atom is 0.0850 e. The highest BCUT2D eigenvalue weighted by atomic mass is 35.5. The van der Waals surface area contributed by atoms with Crippen LogP contribution in [0.15, 0.2) is 42.5 Å². The molecule has 0 radical (unpaired) electrons. The summed E-state index contributed by atoms with van der Waals surface area (Å²) in [6, 6.07) is 12.9. The van der Waals surface area contributed by atoms with Gasteiger partial charge in [-0.25, -0.2) is 0 Å². The van der Waals surface area contributed by atoms with Crippen LogP contribution in [0.25, 0.3) is 0 Å². The van der Waals surface area contributed by atoms with Crippen LogP contribution in [0.4, 0.5) is 5.69 Å². The third kappa shape index (κ3) is 2.96. The molecule has 0 aliphatic heterocycles. The van der Waals surface area contributed by atoms with E-state index in [1.165, 1.54) is 0 Å². The Morgan fingerprint density at radius 1 is 1.06 bits per heavy atom. The number of nitrogen functional groups attached to an aromatic ring is 1. The normalized spacial score (nSPS) is 12.4. The molecule has 0 saturated carbocycles. The van der Waals surface area contributed by atoms with Crippen LogP contribution in [0.2, 0.25) is 10.0 Å². The minimum atomic E-state index is -0.692. The zero-order chi connectivity index (χ0) is 13.1. The largest absolute Gasteiger partial charge is 0.398 e. The molecule has 18 heavy (non-hydrogen) atoms. The lowest BCUT2D eigenvalue weighted by Gasteiger charge is -2.14. The minimum absolute atomic E-state index is 0.393. The number of aliphatic hydroxyl groups is 1. The molecular weight excluding hydrogens is 269 g/mol. The van der Waals surface area contributed by atoms with Crippen LogP contribution in [-0.2, 0) is 6.42 Å². The highest BCUT2D eigenvalue weighted by molar-refractivity contribution is 6.42. The Balaban J connectivity index is 2.24. The molecule has 0 spiro atoms. The Hall–Kier alpha value is -1.22. The van der Waals surface area contributed by atoms with Crippen LogP contribution >= 0.6 is 23.2 Å². The van der Waals surface area contributed by atoms with Crippen LogP contribution < -0.4 is 5.73 Å². The molecule has 2 rings (SSSR count). The maximum atomic E-state index is 10.2. The van der Waals surface area contributed by atoms with Gasteiger partial charge in [0.25, 0.3) is 0 Å². The highest BCUT2D eigenvalue weighted by Crippen LogP contribution is 2.32. The fraction of sp³-hybridized carbons (Fsp3) is 0.143. The van der Waals surface area contributed by atoms with Crippen molar-refractivity contribution >= 4 is 28.9 Å². The number of rotatable bonds is 3. The van der Waals surface area contributed by atoms with Gasteiger partial charge in [-0.15, -0.1) is 0 Å². The second kappa shape index (κ2) is 5.61. The predicted octanol–water partition coefficient (Wildman–Crippen LogP) is 3.85. The van der Waals surface area contributed by atoms with Crippen LogP contribution in [0.5, 0.6) is 0 Å². The standard InChI is InChI=1S/C14H13Cl2NO/c15-11-7-10(13(17)8-12(11)16)14(18)6-9-4-2-1-3-5-9/h1-5,7-8,14,18H,6,17H2. The van der Waals surface area contributed by atoms with E-state index in [1.807, 2.05) is 30.3 Å². The molecule has 2 nitrogen and oxygen atoms in total. The van der Waals surface area contributed by atoms with E-state index in [1.54, 1.807) is 12.1 Å². The quantitative estimate of drug-likeness (QED) is 0.840. The molecule has 4 heteroatoms. The Morgan fingerprint density at radius 3 is 2.33 bits per heavy atom. The van der Waals surface area contributed by atoms with Crippen molar-refractivity contribution in [2.75, 3.05) is 5.73 Å². The lowest BCUT2D eigenvalue weighted by molar-refractivity contribution is 0.179. The first-order valence-corrected chi connectivity index (χ1v) is 6.30. The van der Waals surface area contributed by atoms with Crippen LogP contribution in [0.1, 0.15) is 17.2 Å². The van der Waals surface area contributed by atoms with Crippen LogP contribution in [0.3, 0.4) is 0 Å². The molecule has 3 N–H and O–H groups in total. The lowest BCUT2D eigenvalue weighted by Crippen LogP contribution is -2.05. The van der Waals surface area contributed by atoms with E-state index < -0.39 is 6.10 Å². The molecule has 2 aromatic rings. The second-order valence-corrected chi connectivity index (χ2v) is 4.92. The van der Waals surface area contributed by atoms with Crippen molar-refractivity contribution in [1.29, 1.82) is 0 Å². The first-order chi connectivity index (χ1) is 8.58. The van der Waals surface area contributed by atoms with E-state index in [-0.39, 0.29) is 0 Å². The fourth-order valence-electron chi connectivity index (χ4n) is 1.81. The zero-order valence-corrected chi connectivity index (χ0v) is 11.1. The van der Waals surface area contributed by atoms with E-state index in [4.69, 9.17) is 28.9 Å². The Labute approximate surface area is 116 Å². The number of aliphatic hydroxyl groups excluding tert-OH is 1. The van der Waals surface area contributed by atoms with Crippen LogP contribution in [0, 0.1) is 0 Å². The minimum Gasteiger partial charge on any atom is -0.398 e. The summed E-state index contributed by atoms with van der Waals surface area (Å²) in [5, 5.41) is 11.0. The summed E-state index contributed by atoms with van der Waals surface area (Å²) in [5.41, 5.74) is 7.94. The van der Waals surface area contributed by atoms with E-state index in [0.717, 1.165) is 5.56 Å². The molecule has 1 atom stereocenters. The van der Waals surface area contributed by atoms with E-state index in [0.29, 0.717) is 27.7 Å². The van der Waals surface area contributed by atoms with E-state index in [2.05, 4.69) is 0 Å². The number of anilines is 1. The average Bonchev–Trinajstić information content (AvgIpc) is 2.35. The molecule has 0 aromatic heterocycles. The van der Waals surface area contributed by atoms with Gasteiger partial charge in [-0.1, -0.05) is 53.5 Å². The molecule has 94 valence electrons. The summed E-state index contributed by atoms with van der Waals surface area (Å²) >= 11 is 11.8. The zero-order valence-electron chi connectivity index (χ0n) is 9.61. The monoisotopic (exact) mass is 281 g/mol. The van der Waals surface area contributed by atoms with Gasteiger partial charge in [-0.05, 0) is 17.7 Å². The Bertz CT molecular complexity index is 543. The molecule has 0 saturated heterocycles. The summed E-state index contributed by atoms with van der Waals surface area (Å²) in [6.07, 6.45) is -0.203. The van der Waals surface area contributed by atoms with Gasteiger partial charge in [-0.3, -0.25) is 0 Å². The number of nitrogens with two attached hydrogens (primary N) is 1. The summed E-state index contributed by atoms with van der Waals surface area (Å²) in [6.45, 7) is 0. The average molecular weight is 282 g/mol. The molecule has 0 amide bonds. The Morgan fingerprint density at radius 2 is 1.67 bits per heavy atom. The SMILES string of the molecule is Nc1cc(Cl)c(Cl)cc1C(O)Cc1ccccc1. The van der Waals surface area contributed by atoms with Gasteiger partial charge in [0.05, 0.1) is 16.1 Å². The molecule has 1 unspecified atom stereocenters. The number of hydrogen-bond acceptors (Lipinski definition) is 2. The molecule has 0 aliphatic carbocycles. The van der Waals surface area contributed by atoms with E-state index >= 15 is 0 Å². The van der Waals surface area contributed by atoms with Gasteiger partial charge >= 0.3 is 0 Å². The van der Waals surface area contributed by atoms with Crippen molar-refractivity contribution < 1.29 is 5.11 Å². The first-order valence-electron chi connectivity index (χ1n) is 5.54. The predicted molar refractivity (Wildman–Crippen MR) is 76.0 cm³/mol. The molecule has 0 fully saturated rings. The molecule has 2 aromatic carbocycles. The molecule has 0 bridgehead atoms. The first kappa shape index (κ1) is 13.2. The smallest absolute Gasteiger partial charge is 0.0850 e. The number of hydrogen-bond donors (Lipinski definition) is 2. The van der Waals surface area contributed by atoms with Gasteiger partial charge < -0.3 is 10.8 Å². The molecular formula is C14H13Cl2NO. The highest BCUT2D eigenvalue weighted by Gasteiger charge is 2.14. The van der Waals surface area contributed by atoms with Gasteiger partial charge in [-0.2, -0.15) is 0 Å². The summed E-state index contributed by atoms with van der Waals surface area (Å²) < 4.78 is 0. The summed E-state index contributed by atoms with van der Waals surface area (Å²) in [5.74, 6) is 0. The summed E-state index contributed by atoms with van der Waals surface area (Å²) in [7, 11) is 0. The van der Waals surface area contributed by atoms with Crippen molar-refractivity contribution in [3.8, 4) is 0 Å². The maximum absolute atomic E-state index is 10.2. The van der Waals surface area contributed by atoms with Gasteiger partial charge in [0.1, 0.15) is 0 Å². The molecule has 0 heterocycles. The Kier molecular flexibility index (Phi) is 4.12. The fourth-order valence-corrected chi connectivity index (χ4v) is 2.16. The lowest BCUT2D eigenvalue weighted by atomic mass is 10.00. The van der Waals surface area contributed by atoms with Gasteiger partial charge in [0.15, 0.2) is 0 Å². The van der Waals surface area contributed by atoms with E-state index in [9.17, 15) is 5.11 Å². The number of benzene rings is 2. The van der Waals surface area contributed by atoms with Gasteiger partial charge in [0, 0.05) is 17.7 Å². The topological polar surface area (TPSA) is 46.2 Å².